The van der Waals surface area contributed by atoms with Crippen molar-refractivity contribution in [2.45, 2.75) is 24.9 Å². The minimum Gasteiger partial charge on any atom is -0.357 e. The lowest BCUT2D eigenvalue weighted by atomic mass is 9.81. The van der Waals surface area contributed by atoms with Gasteiger partial charge in [-0.05, 0) is 41.7 Å². The third-order valence-corrected chi connectivity index (χ3v) is 4.75. The largest absolute Gasteiger partial charge is 0.357 e. The molecular weight excluding hydrogens is 246 g/mol. The van der Waals surface area contributed by atoms with Crippen LogP contribution in [0, 0.1) is 0 Å². The Kier molecular flexibility index (Phi) is 1.97. The highest BCUT2D eigenvalue weighted by Crippen LogP contribution is 2.41. The summed E-state index contributed by atoms with van der Waals surface area (Å²) in [5.41, 5.74) is 6.94. The summed E-state index contributed by atoms with van der Waals surface area (Å²) in [5.74, 6) is 0. The van der Waals surface area contributed by atoms with Gasteiger partial charge in [-0.15, -0.1) is 0 Å². The normalized spacial score (nSPS) is 23.4. The first-order valence-corrected chi connectivity index (χ1v) is 7.18. The maximum atomic E-state index is 4.30. The number of hydrogen-bond acceptors (Lipinski definition) is 2. The van der Waals surface area contributed by atoms with Crippen LogP contribution in [0.25, 0.3) is 10.9 Å². The molecule has 2 atom stereocenters. The molecule has 0 saturated carbocycles. The van der Waals surface area contributed by atoms with Crippen molar-refractivity contribution in [3.05, 3.63) is 65.1 Å². The maximum Gasteiger partial charge on any atom is 0.0521 e. The van der Waals surface area contributed by atoms with Crippen molar-refractivity contribution in [3.63, 3.8) is 0 Å². The second-order valence-electron chi connectivity index (χ2n) is 5.82. The lowest BCUT2D eigenvalue weighted by molar-refractivity contribution is 0.376. The first-order chi connectivity index (χ1) is 9.90. The minimum absolute atomic E-state index is 0.407. The fraction of sp³-hybridized carbons (Fsp3) is 0.235. The zero-order valence-corrected chi connectivity index (χ0v) is 11.1. The number of rotatable bonds is 0. The molecule has 2 aliphatic rings. The van der Waals surface area contributed by atoms with Crippen molar-refractivity contribution < 1.29 is 0 Å². The summed E-state index contributed by atoms with van der Waals surface area (Å²) in [6, 6.07) is 11.6. The van der Waals surface area contributed by atoms with Crippen LogP contribution in [0.4, 0.5) is 0 Å². The molecule has 0 spiro atoms. The van der Waals surface area contributed by atoms with Gasteiger partial charge in [0.05, 0.1) is 6.04 Å². The van der Waals surface area contributed by atoms with E-state index in [1.807, 2.05) is 12.4 Å². The highest BCUT2D eigenvalue weighted by Gasteiger charge is 2.35. The summed E-state index contributed by atoms with van der Waals surface area (Å²) >= 11 is 0. The van der Waals surface area contributed by atoms with E-state index >= 15 is 0 Å². The molecular formula is C17H15N3. The molecule has 98 valence electrons. The summed E-state index contributed by atoms with van der Waals surface area (Å²) < 4.78 is 0. The highest BCUT2D eigenvalue weighted by molar-refractivity contribution is 5.85. The molecule has 3 heteroatoms. The molecule has 1 aromatic carbocycles. The number of aromatic nitrogens is 2. The molecule has 0 fully saturated rings. The van der Waals surface area contributed by atoms with E-state index in [9.17, 15) is 0 Å². The van der Waals surface area contributed by atoms with Crippen LogP contribution in [0.1, 0.15) is 34.5 Å². The summed E-state index contributed by atoms with van der Waals surface area (Å²) in [6.45, 7) is 0. The molecule has 2 aliphatic heterocycles. The third-order valence-electron chi connectivity index (χ3n) is 4.75. The number of nitrogens with zero attached hydrogens (tertiary/aromatic N) is 1. The fourth-order valence-electron chi connectivity index (χ4n) is 3.84. The zero-order valence-electron chi connectivity index (χ0n) is 11.1. The van der Waals surface area contributed by atoms with Gasteiger partial charge in [0, 0.05) is 35.0 Å². The molecule has 0 radical (unpaired) electrons. The smallest absolute Gasteiger partial charge is 0.0521 e. The van der Waals surface area contributed by atoms with E-state index in [4.69, 9.17) is 0 Å². The average Bonchev–Trinajstić information content (AvgIpc) is 2.87. The molecule has 3 nitrogen and oxygen atoms in total. The predicted octanol–water partition coefficient (Wildman–Crippen LogP) is 3.05. The van der Waals surface area contributed by atoms with Crippen molar-refractivity contribution in [1.29, 1.82) is 0 Å². The second-order valence-corrected chi connectivity index (χ2v) is 5.82. The van der Waals surface area contributed by atoms with Crippen LogP contribution in [-0.4, -0.2) is 9.97 Å². The molecule has 5 rings (SSSR count). The number of nitrogens with one attached hydrogen (secondary N) is 2. The first kappa shape index (κ1) is 10.6. The Bertz CT molecular complexity index is 818. The Morgan fingerprint density at radius 1 is 1.05 bits per heavy atom. The lowest BCUT2D eigenvalue weighted by Crippen LogP contribution is -2.38. The molecule has 0 aliphatic carbocycles. The predicted molar refractivity (Wildman–Crippen MR) is 78.6 cm³/mol. The van der Waals surface area contributed by atoms with E-state index in [1.165, 1.54) is 33.3 Å². The number of aromatic amines is 1. The van der Waals surface area contributed by atoms with E-state index in [-0.39, 0.29) is 0 Å². The number of benzene rings is 1. The Hall–Kier alpha value is -2.13. The van der Waals surface area contributed by atoms with Gasteiger partial charge in [0.25, 0.3) is 0 Å². The topological polar surface area (TPSA) is 40.7 Å². The van der Waals surface area contributed by atoms with Crippen molar-refractivity contribution in [3.8, 4) is 0 Å². The molecule has 2 aromatic heterocycles. The third kappa shape index (κ3) is 1.30. The van der Waals surface area contributed by atoms with Crippen LogP contribution in [-0.2, 0) is 12.8 Å². The van der Waals surface area contributed by atoms with Gasteiger partial charge in [0.15, 0.2) is 0 Å². The standard InChI is InChI=1S/C17H15N3/c1-2-4-14-11(3-1)12-8-15-13-9-18-6-5-10(13)7-16(19-15)17(12)20-14/h1-6,9,15-16,19-20H,7-8H2. The van der Waals surface area contributed by atoms with Gasteiger partial charge in [-0.3, -0.25) is 4.98 Å². The maximum absolute atomic E-state index is 4.30. The van der Waals surface area contributed by atoms with Crippen LogP contribution in [0.3, 0.4) is 0 Å². The highest BCUT2D eigenvalue weighted by atomic mass is 15.0. The Morgan fingerprint density at radius 2 is 2.00 bits per heavy atom. The first-order valence-electron chi connectivity index (χ1n) is 7.18. The van der Waals surface area contributed by atoms with Gasteiger partial charge < -0.3 is 10.3 Å². The quantitative estimate of drug-likeness (QED) is 0.653. The Morgan fingerprint density at radius 3 is 3.00 bits per heavy atom. The molecule has 0 amide bonds. The van der Waals surface area contributed by atoms with E-state index in [0.29, 0.717) is 12.1 Å². The van der Waals surface area contributed by atoms with Crippen molar-refractivity contribution in [1.82, 2.24) is 15.3 Å². The van der Waals surface area contributed by atoms with Gasteiger partial charge in [-0.2, -0.15) is 0 Å². The number of H-pyrrole nitrogens is 1. The monoisotopic (exact) mass is 261 g/mol. The minimum atomic E-state index is 0.407. The Balaban J connectivity index is 1.74. The van der Waals surface area contributed by atoms with Crippen LogP contribution >= 0.6 is 0 Å². The van der Waals surface area contributed by atoms with Gasteiger partial charge >= 0.3 is 0 Å². The molecule has 2 N–H and O–H groups in total. The van der Waals surface area contributed by atoms with Crippen molar-refractivity contribution in [2.75, 3.05) is 0 Å². The number of hydrogen-bond donors (Lipinski definition) is 2. The number of pyridine rings is 1. The fourth-order valence-corrected chi connectivity index (χ4v) is 3.84. The lowest BCUT2D eigenvalue weighted by Gasteiger charge is -2.37. The molecule has 2 unspecified atom stereocenters. The van der Waals surface area contributed by atoms with E-state index in [1.54, 1.807) is 0 Å². The van der Waals surface area contributed by atoms with E-state index < -0.39 is 0 Å². The summed E-state index contributed by atoms with van der Waals surface area (Å²) in [5, 5.41) is 5.14. The van der Waals surface area contributed by atoms with Gasteiger partial charge in [-0.25, -0.2) is 0 Å². The molecule has 2 bridgehead atoms. The summed E-state index contributed by atoms with van der Waals surface area (Å²) in [7, 11) is 0. The second kappa shape index (κ2) is 3.70. The average molecular weight is 261 g/mol. The molecule has 3 aromatic rings. The van der Waals surface area contributed by atoms with Gasteiger partial charge in [0.2, 0.25) is 0 Å². The van der Waals surface area contributed by atoms with Crippen LogP contribution in [0.5, 0.6) is 0 Å². The number of fused-ring (bicyclic) bond motifs is 8. The van der Waals surface area contributed by atoms with Gasteiger partial charge in [-0.1, -0.05) is 18.2 Å². The molecule has 0 saturated heterocycles. The molecule has 4 heterocycles. The van der Waals surface area contributed by atoms with E-state index in [2.05, 4.69) is 45.6 Å². The Labute approximate surface area is 117 Å². The van der Waals surface area contributed by atoms with E-state index in [0.717, 1.165) is 12.8 Å². The van der Waals surface area contributed by atoms with Crippen LogP contribution in [0.15, 0.2) is 42.7 Å². The molecule has 20 heavy (non-hydrogen) atoms. The van der Waals surface area contributed by atoms with Crippen LogP contribution in [0.2, 0.25) is 0 Å². The van der Waals surface area contributed by atoms with Gasteiger partial charge in [0.1, 0.15) is 0 Å². The summed E-state index contributed by atoms with van der Waals surface area (Å²) in [4.78, 5) is 7.93. The summed E-state index contributed by atoms with van der Waals surface area (Å²) in [6.07, 6.45) is 6.04. The number of para-hydroxylation sites is 1. The SMILES string of the molecule is c1ccc2c3c([nH]c2c1)C1Cc2ccncc2C(C3)N1. The van der Waals surface area contributed by atoms with Crippen molar-refractivity contribution in [2.24, 2.45) is 0 Å². The van der Waals surface area contributed by atoms with Crippen LogP contribution < -0.4 is 5.32 Å². The zero-order chi connectivity index (χ0) is 13.1. The van der Waals surface area contributed by atoms with Crippen molar-refractivity contribution >= 4 is 10.9 Å².